The van der Waals surface area contributed by atoms with E-state index in [1.807, 2.05) is 60.7 Å². The number of carbonyl (C=O) groups is 2. The van der Waals surface area contributed by atoms with Crippen LogP contribution in [0.3, 0.4) is 0 Å². The van der Waals surface area contributed by atoms with Crippen molar-refractivity contribution in [1.82, 2.24) is 19.4 Å². The number of ketones is 1. The molecular weight excluding hydrogens is 556 g/mol. The number of carbonyl (C=O) groups excluding carboxylic acids is 2. The van der Waals surface area contributed by atoms with Crippen LogP contribution in [0.5, 0.6) is 0 Å². The number of aromatic nitrogens is 3. The van der Waals surface area contributed by atoms with Gasteiger partial charge in [0.25, 0.3) is 0 Å². The van der Waals surface area contributed by atoms with Crippen molar-refractivity contribution < 1.29 is 14.3 Å². The molecule has 198 valence electrons. The van der Waals surface area contributed by atoms with Crippen LogP contribution in [0.25, 0.3) is 10.8 Å². The smallest absolute Gasteiger partial charge is 0.325 e. The first-order valence-electron chi connectivity index (χ1n) is 12.8. The second-order valence-electron chi connectivity index (χ2n) is 9.34. The molecule has 0 fully saturated rings. The molecule has 5 aromatic rings. The standard InChI is InChI=1S/C31H29BrN4O3/c1-39-15-5-14-34-31(38)36-20-24(30(37)29-9-4-7-23-6-2-3-8-28(23)29)16-26(36)17-27-18-33-21-35(27)19-22-10-12-25(32)13-11-22/h2-4,6-13,16,18,20-21H,5,14-15,17,19H2,1H3,(H,34,38). The summed E-state index contributed by atoms with van der Waals surface area (Å²) in [6, 6.07) is 23.2. The van der Waals surface area contributed by atoms with Gasteiger partial charge < -0.3 is 14.6 Å². The molecule has 0 unspecified atom stereocenters. The third kappa shape index (κ3) is 6.19. The van der Waals surface area contributed by atoms with Crippen LogP contribution in [-0.4, -0.2) is 46.2 Å². The van der Waals surface area contributed by atoms with Gasteiger partial charge in [-0.15, -0.1) is 0 Å². The lowest BCUT2D eigenvalue weighted by Crippen LogP contribution is -2.30. The Bertz CT molecular complexity index is 1600. The Balaban J connectivity index is 1.46. The van der Waals surface area contributed by atoms with Gasteiger partial charge in [-0.05, 0) is 41.0 Å². The van der Waals surface area contributed by atoms with Crippen molar-refractivity contribution in [2.45, 2.75) is 19.4 Å². The molecule has 0 saturated carbocycles. The zero-order valence-electron chi connectivity index (χ0n) is 21.6. The molecule has 39 heavy (non-hydrogen) atoms. The van der Waals surface area contributed by atoms with Crippen LogP contribution in [0.1, 0.15) is 39.3 Å². The van der Waals surface area contributed by atoms with E-state index in [1.165, 1.54) is 0 Å². The normalized spacial score (nSPS) is 11.1. The van der Waals surface area contributed by atoms with Crippen LogP contribution in [0.2, 0.25) is 0 Å². The van der Waals surface area contributed by atoms with Crippen molar-refractivity contribution in [3.8, 4) is 0 Å². The summed E-state index contributed by atoms with van der Waals surface area (Å²) in [4.78, 5) is 31.3. The van der Waals surface area contributed by atoms with Crippen molar-refractivity contribution in [2.24, 2.45) is 0 Å². The Morgan fingerprint density at radius 3 is 2.62 bits per heavy atom. The van der Waals surface area contributed by atoms with Crippen LogP contribution in [0, 0.1) is 0 Å². The summed E-state index contributed by atoms with van der Waals surface area (Å²) < 4.78 is 9.72. The summed E-state index contributed by atoms with van der Waals surface area (Å²) >= 11 is 3.48. The highest BCUT2D eigenvalue weighted by Crippen LogP contribution is 2.24. The lowest BCUT2D eigenvalue weighted by Gasteiger charge is -2.12. The first-order chi connectivity index (χ1) is 19.0. The predicted octanol–water partition coefficient (Wildman–Crippen LogP) is 6.06. The molecule has 1 N–H and O–H groups in total. The average Bonchev–Trinajstić information content (AvgIpc) is 3.58. The largest absolute Gasteiger partial charge is 0.385 e. The molecule has 3 aromatic carbocycles. The molecule has 0 aliphatic carbocycles. The third-order valence-corrected chi connectivity index (χ3v) is 7.17. The topological polar surface area (TPSA) is 78.2 Å². The van der Waals surface area contributed by atoms with Gasteiger partial charge in [-0.25, -0.2) is 9.78 Å². The molecule has 1 amide bonds. The number of ether oxygens (including phenoxy) is 1. The van der Waals surface area contributed by atoms with Crippen molar-refractivity contribution in [1.29, 1.82) is 0 Å². The molecule has 2 heterocycles. The zero-order valence-corrected chi connectivity index (χ0v) is 23.2. The predicted molar refractivity (Wildman–Crippen MR) is 155 cm³/mol. The maximum absolute atomic E-state index is 13.7. The number of imidazole rings is 1. The fourth-order valence-corrected chi connectivity index (χ4v) is 4.91. The van der Waals surface area contributed by atoms with E-state index in [2.05, 4.69) is 42.9 Å². The quantitative estimate of drug-likeness (QED) is 0.160. The van der Waals surface area contributed by atoms with Crippen LogP contribution in [0.15, 0.2) is 96.0 Å². The summed E-state index contributed by atoms with van der Waals surface area (Å²) in [7, 11) is 1.63. The number of rotatable bonds is 10. The van der Waals surface area contributed by atoms with E-state index in [0.717, 1.165) is 26.5 Å². The Hall–Kier alpha value is -4.01. The van der Waals surface area contributed by atoms with Gasteiger partial charge in [-0.2, -0.15) is 0 Å². The van der Waals surface area contributed by atoms with Crippen LogP contribution in [-0.2, 0) is 17.7 Å². The molecule has 0 bridgehead atoms. The lowest BCUT2D eigenvalue weighted by atomic mass is 9.98. The first-order valence-corrected chi connectivity index (χ1v) is 13.6. The first kappa shape index (κ1) is 26.6. The van der Waals surface area contributed by atoms with Crippen LogP contribution in [0.4, 0.5) is 4.79 Å². The minimum Gasteiger partial charge on any atom is -0.385 e. The molecule has 0 radical (unpaired) electrons. The fourth-order valence-electron chi connectivity index (χ4n) is 4.64. The highest BCUT2D eigenvalue weighted by atomic mass is 79.9. The van der Waals surface area contributed by atoms with Gasteiger partial charge in [0.1, 0.15) is 0 Å². The van der Waals surface area contributed by atoms with Gasteiger partial charge in [0.15, 0.2) is 5.78 Å². The molecule has 2 aromatic heterocycles. The van der Waals surface area contributed by atoms with E-state index in [1.54, 1.807) is 30.4 Å². The van der Waals surface area contributed by atoms with Gasteiger partial charge in [-0.3, -0.25) is 9.36 Å². The number of hydrogen-bond acceptors (Lipinski definition) is 4. The fraction of sp³-hybridized carbons (Fsp3) is 0.194. The minimum absolute atomic E-state index is 0.123. The number of hydrogen-bond donors (Lipinski definition) is 1. The molecule has 5 rings (SSSR count). The molecule has 0 saturated heterocycles. The van der Waals surface area contributed by atoms with E-state index in [0.29, 0.717) is 49.4 Å². The van der Waals surface area contributed by atoms with Crippen LogP contribution >= 0.6 is 15.9 Å². The van der Waals surface area contributed by atoms with Gasteiger partial charge in [0.2, 0.25) is 0 Å². The van der Waals surface area contributed by atoms with E-state index >= 15 is 0 Å². The van der Waals surface area contributed by atoms with Gasteiger partial charge in [0, 0.05) is 72.6 Å². The summed E-state index contributed by atoms with van der Waals surface area (Å²) in [5.41, 5.74) is 3.86. The minimum atomic E-state index is -0.281. The van der Waals surface area contributed by atoms with Crippen molar-refractivity contribution in [3.63, 3.8) is 0 Å². The summed E-state index contributed by atoms with van der Waals surface area (Å²) in [5, 5.41) is 4.82. The summed E-state index contributed by atoms with van der Waals surface area (Å²) in [5.74, 6) is -0.123. The van der Waals surface area contributed by atoms with Crippen molar-refractivity contribution in [3.05, 3.63) is 124 Å². The Labute approximate surface area is 235 Å². The van der Waals surface area contributed by atoms with E-state index in [4.69, 9.17) is 4.74 Å². The third-order valence-electron chi connectivity index (χ3n) is 6.64. The number of amides is 1. The number of nitrogens with one attached hydrogen (secondary N) is 1. The zero-order chi connectivity index (χ0) is 27.2. The Morgan fingerprint density at radius 1 is 1.00 bits per heavy atom. The molecule has 7 nitrogen and oxygen atoms in total. The second kappa shape index (κ2) is 12.2. The summed E-state index contributed by atoms with van der Waals surface area (Å²) in [6.07, 6.45) is 6.36. The van der Waals surface area contributed by atoms with Gasteiger partial charge >= 0.3 is 6.03 Å². The highest BCUT2D eigenvalue weighted by molar-refractivity contribution is 9.10. The summed E-state index contributed by atoms with van der Waals surface area (Å²) in [6.45, 7) is 1.67. The Kier molecular flexibility index (Phi) is 8.34. The number of halogens is 1. The second-order valence-corrected chi connectivity index (χ2v) is 10.3. The van der Waals surface area contributed by atoms with Gasteiger partial charge in [-0.1, -0.05) is 70.5 Å². The molecule has 0 aliphatic rings. The maximum atomic E-state index is 13.7. The number of methoxy groups -OCH3 is 1. The Morgan fingerprint density at radius 2 is 1.79 bits per heavy atom. The lowest BCUT2D eigenvalue weighted by molar-refractivity contribution is 0.104. The SMILES string of the molecule is COCCCNC(=O)n1cc(C(=O)c2cccc3ccccc23)cc1Cc1cncn1Cc1ccc(Br)cc1. The number of fused-ring (bicyclic) bond motifs is 1. The maximum Gasteiger partial charge on any atom is 0.325 e. The number of benzene rings is 3. The van der Waals surface area contributed by atoms with E-state index < -0.39 is 0 Å². The molecular formula is C31H29BrN4O3. The molecule has 0 spiro atoms. The average molecular weight is 586 g/mol. The van der Waals surface area contributed by atoms with Crippen molar-refractivity contribution >= 4 is 38.5 Å². The molecule has 0 atom stereocenters. The highest BCUT2D eigenvalue weighted by Gasteiger charge is 2.20. The van der Waals surface area contributed by atoms with Crippen molar-refractivity contribution in [2.75, 3.05) is 20.3 Å². The molecule has 0 aliphatic heterocycles. The number of nitrogens with zero attached hydrogens (tertiary/aromatic N) is 3. The van der Waals surface area contributed by atoms with E-state index in [-0.39, 0.29) is 11.8 Å². The van der Waals surface area contributed by atoms with Crippen LogP contribution < -0.4 is 5.32 Å². The van der Waals surface area contributed by atoms with Gasteiger partial charge in [0.05, 0.1) is 6.33 Å². The monoisotopic (exact) mass is 584 g/mol. The molecule has 8 heteroatoms. The van der Waals surface area contributed by atoms with E-state index in [9.17, 15) is 9.59 Å².